The molecule has 0 aliphatic rings. The summed E-state index contributed by atoms with van der Waals surface area (Å²) in [6.45, 7) is 2.89. The quantitative estimate of drug-likeness (QED) is 0.328. The molecule has 0 amide bonds. The van der Waals surface area contributed by atoms with Crippen LogP contribution in [0.3, 0.4) is 0 Å². The summed E-state index contributed by atoms with van der Waals surface area (Å²) in [6, 6.07) is 0. The Bertz CT molecular complexity index is 61.0. The maximum atomic E-state index is 8.97. The minimum atomic E-state index is -0.298. The molecule has 0 saturated carbocycles. The zero-order chi connectivity index (χ0) is 7.11. The molecule has 0 spiro atoms. The molecule has 0 aromatic heterocycles. The van der Waals surface area contributed by atoms with E-state index in [1.54, 1.807) is 0 Å². The lowest BCUT2D eigenvalue weighted by Crippen LogP contribution is -2.28. The van der Waals surface area contributed by atoms with E-state index in [1.807, 2.05) is 6.92 Å². The third-order valence-electron chi connectivity index (χ3n) is 1.08. The Morgan fingerprint density at radius 1 is 1.67 bits per heavy atom. The first-order valence-corrected chi connectivity index (χ1v) is 4.81. The summed E-state index contributed by atoms with van der Waals surface area (Å²) >= 11 is 2.32. The smallest absolute Gasteiger partial charge is 0.104 e. The molecule has 1 unspecified atom stereocenters. The Balaban J connectivity index is 2.88. The van der Waals surface area contributed by atoms with Crippen molar-refractivity contribution in [1.29, 1.82) is 0 Å². The lowest BCUT2D eigenvalue weighted by molar-refractivity contribution is 0.134. The highest BCUT2D eigenvalue weighted by molar-refractivity contribution is 14.1. The van der Waals surface area contributed by atoms with E-state index in [9.17, 15) is 0 Å². The van der Waals surface area contributed by atoms with Gasteiger partial charge in [-0.25, -0.2) is 0 Å². The van der Waals surface area contributed by atoms with Gasteiger partial charge in [-0.1, -0.05) is 29.5 Å². The number of aliphatic hydroxyl groups excluding tert-OH is 1. The highest BCUT2D eigenvalue weighted by Crippen LogP contribution is 1.88. The Morgan fingerprint density at radius 2 is 2.33 bits per heavy atom. The third-order valence-corrected chi connectivity index (χ3v) is 1.84. The fourth-order valence-electron chi connectivity index (χ4n) is 0.480. The molecule has 9 heavy (non-hydrogen) atoms. The number of rotatable bonds is 5. The summed E-state index contributed by atoms with van der Waals surface area (Å²) in [5, 5.41) is 12.0. The molecular weight excluding hydrogens is 229 g/mol. The second-order valence-corrected chi connectivity index (χ2v) is 3.00. The first-order chi connectivity index (χ1) is 4.31. The molecule has 3 heteroatoms. The van der Waals surface area contributed by atoms with Crippen LogP contribution in [0.2, 0.25) is 0 Å². The number of halogens is 1. The summed E-state index contributed by atoms with van der Waals surface area (Å²) in [7, 11) is 0. The fraction of sp³-hybridized carbons (Fsp3) is 1.00. The molecule has 0 rings (SSSR count). The molecule has 0 heterocycles. The van der Waals surface area contributed by atoms with Gasteiger partial charge in [-0.3, -0.25) is 5.32 Å². The van der Waals surface area contributed by atoms with E-state index in [2.05, 4.69) is 27.9 Å². The van der Waals surface area contributed by atoms with Crippen molar-refractivity contribution in [2.24, 2.45) is 0 Å². The summed E-state index contributed by atoms with van der Waals surface area (Å²) < 4.78 is 1.15. The zero-order valence-corrected chi connectivity index (χ0v) is 7.89. The fourth-order valence-corrected chi connectivity index (χ4v) is 0.861. The summed E-state index contributed by atoms with van der Waals surface area (Å²) in [5.41, 5.74) is 0. The van der Waals surface area contributed by atoms with E-state index in [-0.39, 0.29) is 6.23 Å². The van der Waals surface area contributed by atoms with Gasteiger partial charge in [-0.2, -0.15) is 0 Å². The van der Waals surface area contributed by atoms with Crippen LogP contribution in [0, 0.1) is 0 Å². The van der Waals surface area contributed by atoms with Crippen LogP contribution in [0.4, 0.5) is 0 Å². The first-order valence-electron chi connectivity index (χ1n) is 3.28. The van der Waals surface area contributed by atoms with Gasteiger partial charge in [0.05, 0.1) is 0 Å². The SMILES string of the molecule is CCC(O)NCCCI. The molecule has 1 atom stereocenters. The monoisotopic (exact) mass is 243 g/mol. The minimum absolute atomic E-state index is 0.298. The first kappa shape index (κ1) is 9.65. The van der Waals surface area contributed by atoms with Gasteiger partial charge in [0.1, 0.15) is 6.23 Å². The largest absolute Gasteiger partial charge is 0.379 e. The summed E-state index contributed by atoms with van der Waals surface area (Å²) in [5.74, 6) is 0. The molecule has 0 radical (unpaired) electrons. The van der Waals surface area contributed by atoms with E-state index in [0.717, 1.165) is 23.8 Å². The zero-order valence-electron chi connectivity index (χ0n) is 5.73. The average Bonchev–Trinajstić information content (AvgIpc) is 1.89. The van der Waals surface area contributed by atoms with Crippen LogP contribution in [0.1, 0.15) is 19.8 Å². The van der Waals surface area contributed by atoms with Crippen LogP contribution in [-0.4, -0.2) is 22.3 Å². The van der Waals surface area contributed by atoms with Gasteiger partial charge in [0, 0.05) is 4.43 Å². The van der Waals surface area contributed by atoms with E-state index < -0.39 is 0 Å². The van der Waals surface area contributed by atoms with E-state index in [1.165, 1.54) is 0 Å². The Morgan fingerprint density at radius 3 is 2.78 bits per heavy atom. The molecule has 2 N–H and O–H groups in total. The van der Waals surface area contributed by atoms with Crippen LogP contribution in [0.15, 0.2) is 0 Å². The van der Waals surface area contributed by atoms with Gasteiger partial charge >= 0.3 is 0 Å². The van der Waals surface area contributed by atoms with Crippen molar-refractivity contribution < 1.29 is 5.11 Å². The maximum Gasteiger partial charge on any atom is 0.104 e. The number of hydrogen-bond acceptors (Lipinski definition) is 2. The van der Waals surface area contributed by atoms with E-state index >= 15 is 0 Å². The van der Waals surface area contributed by atoms with Gasteiger partial charge < -0.3 is 5.11 Å². The van der Waals surface area contributed by atoms with Crippen LogP contribution < -0.4 is 5.32 Å². The molecule has 2 nitrogen and oxygen atoms in total. The van der Waals surface area contributed by atoms with Crippen molar-refractivity contribution in [3.8, 4) is 0 Å². The molecule has 0 saturated heterocycles. The second kappa shape index (κ2) is 6.77. The predicted octanol–water partition coefficient (Wildman–Crippen LogP) is 1.13. The average molecular weight is 243 g/mol. The summed E-state index contributed by atoms with van der Waals surface area (Å²) in [4.78, 5) is 0. The van der Waals surface area contributed by atoms with Gasteiger partial charge in [0.25, 0.3) is 0 Å². The molecule has 0 aromatic rings. The predicted molar refractivity (Wildman–Crippen MR) is 47.8 cm³/mol. The standard InChI is InChI=1S/C6H14INO/c1-2-6(9)8-5-3-4-7/h6,8-9H,2-5H2,1H3. The van der Waals surface area contributed by atoms with Crippen LogP contribution in [-0.2, 0) is 0 Å². The molecule has 0 bridgehead atoms. The summed E-state index contributed by atoms with van der Waals surface area (Å²) in [6.07, 6.45) is 1.63. The molecule has 0 aliphatic carbocycles. The van der Waals surface area contributed by atoms with E-state index in [0.29, 0.717) is 0 Å². The van der Waals surface area contributed by atoms with Gasteiger partial charge in [0.15, 0.2) is 0 Å². The Hall–Kier alpha value is 0.650. The number of alkyl halides is 1. The van der Waals surface area contributed by atoms with E-state index in [4.69, 9.17) is 5.11 Å². The highest BCUT2D eigenvalue weighted by Gasteiger charge is 1.95. The second-order valence-electron chi connectivity index (χ2n) is 1.92. The van der Waals surface area contributed by atoms with Gasteiger partial charge in [-0.05, 0) is 19.4 Å². The van der Waals surface area contributed by atoms with Crippen LogP contribution in [0.25, 0.3) is 0 Å². The third kappa shape index (κ3) is 6.54. The number of hydrogen-bond donors (Lipinski definition) is 2. The molecule has 56 valence electrons. The van der Waals surface area contributed by atoms with Crippen molar-refractivity contribution in [3.63, 3.8) is 0 Å². The van der Waals surface area contributed by atoms with Crippen LogP contribution in [0.5, 0.6) is 0 Å². The lowest BCUT2D eigenvalue weighted by atomic mass is 10.4. The topological polar surface area (TPSA) is 32.3 Å². The lowest BCUT2D eigenvalue weighted by Gasteiger charge is -2.08. The van der Waals surface area contributed by atoms with Crippen molar-refractivity contribution in [2.75, 3.05) is 11.0 Å². The van der Waals surface area contributed by atoms with Gasteiger partial charge in [0.2, 0.25) is 0 Å². The number of nitrogens with one attached hydrogen (secondary N) is 1. The van der Waals surface area contributed by atoms with Gasteiger partial charge in [-0.15, -0.1) is 0 Å². The normalized spacial score (nSPS) is 13.7. The highest BCUT2D eigenvalue weighted by atomic mass is 127. The Kier molecular flexibility index (Phi) is 7.25. The molecule has 0 aliphatic heterocycles. The van der Waals surface area contributed by atoms with Crippen molar-refractivity contribution in [1.82, 2.24) is 5.32 Å². The van der Waals surface area contributed by atoms with Crippen LogP contribution >= 0.6 is 22.6 Å². The minimum Gasteiger partial charge on any atom is -0.379 e. The Labute approximate surface area is 70.2 Å². The van der Waals surface area contributed by atoms with Crippen molar-refractivity contribution in [2.45, 2.75) is 26.0 Å². The molecule has 0 aromatic carbocycles. The number of aliphatic hydroxyl groups is 1. The maximum absolute atomic E-state index is 8.97. The van der Waals surface area contributed by atoms with Crippen molar-refractivity contribution >= 4 is 22.6 Å². The molecule has 0 fully saturated rings. The van der Waals surface area contributed by atoms with Crippen molar-refractivity contribution in [3.05, 3.63) is 0 Å². The molecular formula is C6H14INO.